The second-order valence-electron chi connectivity index (χ2n) is 3.25. The van der Waals surface area contributed by atoms with E-state index in [2.05, 4.69) is 15.6 Å². The molecule has 0 aromatic carbocycles. The molecule has 17 heavy (non-hydrogen) atoms. The number of carboxylic acids is 1. The normalized spacial score (nSPS) is 9.71. The van der Waals surface area contributed by atoms with E-state index in [-0.39, 0.29) is 24.0 Å². The molecule has 92 valence electrons. The van der Waals surface area contributed by atoms with Gasteiger partial charge in [-0.05, 0) is 19.1 Å². The Morgan fingerprint density at radius 2 is 2.18 bits per heavy atom. The van der Waals surface area contributed by atoms with Crippen LogP contribution in [0.1, 0.15) is 17.4 Å². The van der Waals surface area contributed by atoms with Gasteiger partial charge in [0.1, 0.15) is 0 Å². The molecule has 0 spiro atoms. The summed E-state index contributed by atoms with van der Waals surface area (Å²) in [5, 5.41) is 14.0. The van der Waals surface area contributed by atoms with Gasteiger partial charge in [0, 0.05) is 6.54 Å². The first-order chi connectivity index (χ1) is 8.04. The topological polar surface area (TPSA) is 117 Å². The van der Waals surface area contributed by atoms with Crippen molar-refractivity contribution in [2.24, 2.45) is 0 Å². The van der Waals surface area contributed by atoms with Crippen LogP contribution in [0, 0.1) is 0 Å². The average molecular weight is 238 g/mol. The number of aromatic nitrogens is 1. The first-order valence-electron chi connectivity index (χ1n) is 5.05. The lowest BCUT2D eigenvalue weighted by Gasteiger charge is -2.08. The Morgan fingerprint density at radius 1 is 1.47 bits per heavy atom. The monoisotopic (exact) mass is 238 g/mol. The molecule has 7 nitrogen and oxygen atoms in total. The highest BCUT2D eigenvalue weighted by atomic mass is 16.4. The van der Waals surface area contributed by atoms with Crippen LogP contribution in [0.15, 0.2) is 12.1 Å². The van der Waals surface area contributed by atoms with Crippen molar-refractivity contribution in [1.82, 2.24) is 10.3 Å². The maximum Gasteiger partial charge on any atom is 0.354 e. The Kier molecular flexibility index (Phi) is 4.27. The van der Waals surface area contributed by atoms with Crippen molar-refractivity contribution in [3.8, 4) is 0 Å². The van der Waals surface area contributed by atoms with E-state index in [1.54, 1.807) is 6.92 Å². The third-order valence-corrected chi connectivity index (χ3v) is 1.94. The lowest BCUT2D eigenvalue weighted by molar-refractivity contribution is -0.119. The summed E-state index contributed by atoms with van der Waals surface area (Å²) in [6.45, 7) is 2.32. The van der Waals surface area contributed by atoms with E-state index in [0.29, 0.717) is 12.2 Å². The van der Waals surface area contributed by atoms with Gasteiger partial charge < -0.3 is 21.5 Å². The molecule has 0 bridgehead atoms. The van der Waals surface area contributed by atoms with E-state index in [1.807, 2.05) is 0 Å². The fourth-order valence-corrected chi connectivity index (χ4v) is 1.15. The number of nitrogens with two attached hydrogens (primary N) is 1. The van der Waals surface area contributed by atoms with Crippen molar-refractivity contribution < 1.29 is 14.7 Å². The third kappa shape index (κ3) is 3.63. The predicted molar refractivity (Wildman–Crippen MR) is 62.8 cm³/mol. The molecular weight excluding hydrogens is 224 g/mol. The third-order valence-electron chi connectivity index (χ3n) is 1.94. The number of nitrogens with one attached hydrogen (secondary N) is 2. The van der Waals surface area contributed by atoms with E-state index >= 15 is 0 Å². The number of pyridine rings is 1. The number of nitrogen functional groups attached to an aromatic ring is 1. The Hall–Kier alpha value is -2.31. The van der Waals surface area contributed by atoms with E-state index in [4.69, 9.17) is 10.8 Å². The number of anilines is 2. The van der Waals surface area contributed by atoms with Gasteiger partial charge in [-0.2, -0.15) is 0 Å². The Balaban J connectivity index is 2.73. The number of aromatic carboxylic acids is 1. The van der Waals surface area contributed by atoms with Crippen LogP contribution in [-0.4, -0.2) is 35.1 Å². The van der Waals surface area contributed by atoms with Gasteiger partial charge in [-0.25, -0.2) is 9.78 Å². The van der Waals surface area contributed by atoms with E-state index in [1.165, 1.54) is 12.1 Å². The molecule has 0 aliphatic heterocycles. The van der Waals surface area contributed by atoms with Crippen molar-refractivity contribution in [2.75, 3.05) is 24.1 Å². The van der Waals surface area contributed by atoms with Gasteiger partial charge in [-0.3, -0.25) is 4.79 Å². The molecule has 0 fully saturated rings. The second-order valence-corrected chi connectivity index (χ2v) is 3.25. The molecule has 0 saturated carbocycles. The molecule has 1 aromatic rings. The molecular formula is C10H14N4O3. The van der Waals surface area contributed by atoms with Gasteiger partial charge in [-0.1, -0.05) is 0 Å². The zero-order valence-electron chi connectivity index (χ0n) is 9.36. The smallest absolute Gasteiger partial charge is 0.354 e. The van der Waals surface area contributed by atoms with Crippen LogP contribution in [0.25, 0.3) is 0 Å². The largest absolute Gasteiger partial charge is 0.477 e. The molecule has 1 amide bonds. The summed E-state index contributed by atoms with van der Waals surface area (Å²) in [6.07, 6.45) is 0. The van der Waals surface area contributed by atoms with Crippen molar-refractivity contribution in [3.63, 3.8) is 0 Å². The van der Waals surface area contributed by atoms with Gasteiger partial charge >= 0.3 is 5.97 Å². The van der Waals surface area contributed by atoms with Gasteiger partial charge in [0.15, 0.2) is 11.5 Å². The maximum absolute atomic E-state index is 11.2. The minimum atomic E-state index is -1.15. The van der Waals surface area contributed by atoms with Gasteiger partial charge in [0.05, 0.1) is 12.2 Å². The number of carbonyl (C=O) groups is 2. The molecule has 0 aliphatic rings. The molecule has 7 heteroatoms. The van der Waals surface area contributed by atoms with Crippen LogP contribution in [0.4, 0.5) is 11.5 Å². The lowest BCUT2D eigenvalue weighted by atomic mass is 10.3. The van der Waals surface area contributed by atoms with Crippen LogP contribution in [-0.2, 0) is 4.79 Å². The minimum absolute atomic E-state index is 0.00584. The standard InChI is InChI=1S/C10H14N4O3/c1-2-12-8(15)5-13-9-6(11)3-4-7(14-9)10(16)17/h3-4H,2,5,11H2,1H3,(H,12,15)(H,13,14)(H,16,17). The zero-order chi connectivity index (χ0) is 12.8. The van der Waals surface area contributed by atoms with Crippen LogP contribution < -0.4 is 16.4 Å². The van der Waals surface area contributed by atoms with Crippen molar-refractivity contribution in [2.45, 2.75) is 6.92 Å². The van der Waals surface area contributed by atoms with Gasteiger partial charge in [0.2, 0.25) is 5.91 Å². The molecule has 1 heterocycles. The van der Waals surface area contributed by atoms with Crippen LogP contribution in [0.5, 0.6) is 0 Å². The first-order valence-corrected chi connectivity index (χ1v) is 5.05. The number of likely N-dealkylation sites (N-methyl/N-ethyl adjacent to an activating group) is 1. The number of rotatable bonds is 5. The highest BCUT2D eigenvalue weighted by Crippen LogP contribution is 2.15. The van der Waals surface area contributed by atoms with E-state index in [9.17, 15) is 9.59 Å². The summed E-state index contributed by atoms with van der Waals surface area (Å²) in [4.78, 5) is 25.7. The Bertz CT molecular complexity index is 434. The first kappa shape index (κ1) is 12.8. The second kappa shape index (κ2) is 5.69. The highest BCUT2D eigenvalue weighted by molar-refractivity contribution is 5.87. The number of carboxylic acid groups (broad SMARTS) is 1. The molecule has 0 unspecified atom stereocenters. The number of hydrogen-bond acceptors (Lipinski definition) is 5. The fourth-order valence-electron chi connectivity index (χ4n) is 1.15. The summed E-state index contributed by atoms with van der Waals surface area (Å²) in [7, 11) is 0. The number of carbonyl (C=O) groups excluding carboxylic acids is 1. The van der Waals surface area contributed by atoms with Crippen molar-refractivity contribution in [1.29, 1.82) is 0 Å². The van der Waals surface area contributed by atoms with Crippen molar-refractivity contribution >= 4 is 23.4 Å². The molecule has 5 N–H and O–H groups in total. The van der Waals surface area contributed by atoms with E-state index in [0.717, 1.165) is 0 Å². The summed E-state index contributed by atoms with van der Waals surface area (Å²) in [5.41, 5.74) is 5.76. The summed E-state index contributed by atoms with van der Waals surface area (Å²) in [5.74, 6) is -1.17. The number of amides is 1. The molecule has 0 atom stereocenters. The van der Waals surface area contributed by atoms with Crippen molar-refractivity contribution in [3.05, 3.63) is 17.8 Å². The predicted octanol–water partition coefficient (Wildman–Crippen LogP) is -0.0900. The minimum Gasteiger partial charge on any atom is -0.477 e. The lowest BCUT2D eigenvalue weighted by Crippen LogP contribution is -2.29. The quantitative estimate of drug-likeness (QED) is 0.569. The van der Waals surface area contributed by atoms with Crippen LogP contribution in [0.2, 0.25) is 0 Å². The SMILES string of the molecule is CCNC(=O)CNc1nc(C(=O)O)ccc1N. The zero-order valence-corrected chi connectivity index (χ0v) is 9.36. The fraction of sp³-hybridized carbons (Fsp3) is 0.300. The molecule has 0 radical (unpaired) electrons. The summed E-state index contributed by atoms with van der Waals surface area (Å²) in [6, 6.07) is 2.73. The van der Waals surface area contributed by atoms with Crippen LogP contribution >= 0.6 is 0 Å². The Labute approximate surface area is 98.0 Å². The maximum atomic E-state index is 11.2. The van der Waals surface area contributed by atoms with Crippen LogP contribution in [0.3, 0.4) is 0 Å². The number of nitrogens with zero attached hydrogens (tertiary/aromatic N) is 1. The van der Waals surface area contributed by atoms with Gasteiger partial charge in [0.25, 0.3) is 0 Å². The summed E-state index contributed by atoms with van der Waals surface area (Å²) >= 11 is 0. The number of hydrogen-bond donors (Lipinski definition) is 4. The van der Waals surface area contributed by atoms with Gasteiger partial charge in [-0.15, -0.1) is 0 Å². The van der Waals surface area contributed by atoms with E-state index < -0.39 is 5.97 Å². The molecule has 1 rings (SSSR count). The average Bonchev–Trinajstić information content (AvgIpc) is 2.28. The summed E-state index contributed by atoms with van der Waals surface area (Å²) < 4.78 is 0. The molecule has 0 saturated heterocycles. The Morgan fingerprint density at radius 3 is 2.76 bits per heavy atom. The molecule has 1 aromatic heterocycles. The molecule has 0 aliphatic carbocycles. The highest BCUT2D eigenvalue weighted by Gasteiger charge is 2.09.